The Morgan fingerprint density at radius 2 is 1.63 bits per heavy atom. The van der Waals surface area contributed by atoms with Crippen LogP contribution in [0.15, 0.2) is 35.3 Å². The Hall–Kier alpha value is -4.20. The van der Waals surface area contributed by atoms with Crippen LogP contribution >= 0.6 is 0 Å². The number of rotatable bonds is 16. The molecule has 10 N–H and O–H groups in total. The molecule has 1 aliphatic carbocycles. The highest BCUT2D eigenvalue weighted by atomic mass is 16.2. The number of likely N-dealkylation sites (tertiary alicyclic amines) is 2. The minimum Gasteiger partial charge on any atom is -0.370 e. The molecule has 0 bridgehead atoms. The Labute approximate surface area is 289 Å². The normalized spacial score (nSPS) is 23.6. The molecular weight excluding hydrogens is 626 g/mol. The second-order valence-corrected chi connectivity index (χ2v) is 13.7. The first-order valence-corrected chi connectivity index (χ1v) is 17.9. The number of nitrogens with one attached hydrogen (secondary N) is 2. The number of nitrogens with two attached hydrogens (primary N) is 4. The molecule has 7 atom stereocenters. The number of unbranched alkanes of at least 4 members (excludes halogenated alkanes) is 1. The van der Waals surface area contributed by atoms with Crippen LogP contribution in [0, 0.1) is 5.92 Å². The molecule has 0 radical (unpaired) electrons. The van der Waals surface area contributed by atoms with Crippen molar-refractivity contribution in [2.75, 3.05) is 13.1 Å². The van der Waals surface area contributed by atoms with Gasteiger partial charge in [-0.05, 0) is 62.8 Å². The topological polar surface area (TPSA) is 232 Å². The molecule has 3 aliphatic rings. The van der Waals surface area contributed by atoms with Gasteiger partial charge in [0, 0.05) is 25.6 Å². The number of hydrogen-bond donors (Lipinski definition) is 6. The Balaban J connectivity index is 1.46. The second kappa shape index (κ2) is 18.0. The zero-order valence-electron chi connectivity index (χ0n) is 28.7. The number of primary amides is 1. The maximum absolute atomic E-state index is 14.3. The number of hydrogen-bond acceptors (Lipinski definition) is 7. The predicted molar refractivity (Wildman–Crippen MR) is 186 cm³/mol. The number of carbonyl (C=O) groups excluding carboxylic acids is 5. The first-order chi connectivity index (χ1) is 23.5. The van der Waals surface area contributed by atoms with Crippen LogP contribution < -0.4 is 33.6 Å². The van der Waals surface area contributed by atoms with Crippen molar-refractivity contribution in [2.24, 2.45) is 33.8 Å². The van der Waals surface area contributed by atoms with E-state index in [4.69, 9.17) is 22.9 Å². The maximum Gasteiger partial charge on any atom is 0.246 e. The van der Waals surface area contributed by atoms with Crippen molar-refractivity contribution in [1.82, 2.24) is 20.4 Å². The number of benzene rings is 1. The van der Waals surface area contributed by atoms with Gasteiger partial charge in [-0.15, -0.1) is 0 Å². The van der Waals surface area contributed by atoms with Crippen LogP contribution in [0.4, 0.5) is 0 Å². The molecular formula is C35H55N9O5. The van der Waals surface area contributed by atoms with E-state index in [2.05, 4.69) is 15.6 Å². The molecule has 2 aliphatic heterocycles. The molecule has 1 aromatic carbocycles. The standard InChI is InChI=1S/C35H55N9O5/c1-2-3-15-25(31(46)42-26(30(37)45)20-22-11-5-4-6-12-22)41-32(47)28-17-10-19-43(28)34(49)29-21-23-13-7-8-16-27(23)44(29)33(48)24(36)14-9-18-40-35(38)39/h4-6,11-12,23-29H,2-3,7-10,13-21,36H2,1H3,(H2,37,45)(H,41,47)(H,42,46)(H4,38,39,40)/t23-,24+,25+,26-,27-,28-,29-/m0/s1. The largest absolute Gasteiger partial charge is 0.370 e. The van der Waals surface area contributed by atoms with E-state index in [1.807, 2.05) is 37.3 Å². The lowest BCUT2D eigenvalue weighted by Crippen LogP contribution is -2.59. The minimum absolute atomic E-state index is 0.0189. The van der Waals surface area contributed by atoms with Gasteiger partial charge in [-0.3, -0.25) is 29.0 Å². The predicted octanol–water partition coefficient (Wildman–Crippen LogP) is 0.406. The van der Waals surface area contributed by atoms with E-state index >= 15 is 0 Å². The van der Waals surface area contributed by atoms with Crippen LogP contribution in [-0.4, -0.2) is 94.6 Å². The number of amides is 5. The van der Waals surface area contributed by atoms with Crippen molar-refractivity contribution in [2.45, 2.75) is 127 Å². The molecule has 14 heteroatoms. The van der Waals surface area contributed by atoms with Gasteiger partial charge in [0.05, 0.1) is 6.04 Å². The first-order valence-electron chi connectivity index (χ1n) is 17.9. The number of guanidine groups is 1. The summed E-state index contributed by atoms with van der Waals surface area (Å²) in [6.45, 7) is 2.72. The van der Waals surface area contributed by atoms with Crippen LogP contribution in [-0.2, 0) is 30.4 Å². The van der Waals surface area contributed by atoms with Gasteiger partial charge in [0.2, 0.25) is 29.5 Å². The van der Waals surface area contributed by atoms with Crippen LogP contribution in [0.1, 0.15) is 89.5 Å². The third kappa shape index (κ3) is 9.93. The van der Waals surface area contributed by atoms with Crippen molar-refractivity contribution in [3.8, 4) is 0 Å². The summed E-state index contributed by atoms with van der Waals surface area (Å²) in [5.41, 5.74) is 23.7. The zero-order chi connectivity index (χ0) is 35.5. The zero-order valence-corrected chi connectivity index (χ0v) is 28.7. The van der Waals surface area contributed by atoms with E-state index in [1.54, 1.807) is 9.80 Å². The molecule has 1 saturated carbocycles. The van der Waals surface area contributed by atoms with E-state index in [-0.39, 0.29) is 36.2 Å². The van der Waals surface area contributed by atoms with Gasteiger partial charge < -0.3 is 43.4 Å². The molecule has 4 rings (SSSR count). The minimum atomic E-state index is -0.951. The third-order valence-corrected chi connectivity index (χ3v) is 10.2. The molecule has 0 unspecified atom stereocenters. The average molecular weight is 682 g/mol. The van der Waals surface area contributed by atoms with E-state index < -0.39 is 47.9 Å². The van der Waals surface area contributed by atoms with Crippen LogP contribution in [0.25, 0.3) is 0 Å². The van der Waals surface area contributed by atoms with Crippen molar-refractivity contribution in [1.29, 1.82) is 0 Å². The summed E-state index contributed by atoms with van der Waals surface area (Å²) in [5.74, 6) is -1.92. The summed E-state index contributed by atoms with van der Waals surface area (Å²) in [6.07, 6.45) is 8.32. The number of nitrogens with zero attached hydrogens (tertiary/aromatic N) is 3. The summed E-state index contributed by atoms with van der Waals surface area (Å²) in [4.78, 5) is 75.0. The highest BCUT2D eigenvalue weighted by molar-refractivity contribution is 5.96. The molecule has 49 heavy (non-hydrogen) atoms. The third-order valence-electron chi connectivity index (χ3n) is 10.2. The van der Waals surface area contributed by atoms with Gasteiger partial charge in [0.25, 0.3) is 0 Å². The SMILES string of the molecule is CCCC[C@@H](NC(=O)[C@@H]1CCCN1C(=O)[C@@H]1C[C@@H]2CCCC[C@@H]2N1C(=O)[C@H](N)CCCN=C(N)N)C(=O)N[C@@H](Cc1ccccc1)C(N)=O. The summed E-state index contributed by atoms with van der Waals surface area (Å²) >= 11 is 0. The average Bonchev–Trinajstić information content (AvgIpc) is 3.73. The van der Waals surface area contributed by atoms with Crippen LogP contribution in [0.3, 0.4) is 0 Å². The van der Waals surface area contributed by atoms with Crippen LogP contribution in [0.5, 0.6) is 0 Å². The smallest absolute Gasteiger partial charge is 0.246 e. The summed E-state index contributed by atoms with van der Waals surface area (Å²) in [6, 6.07) is 5.03. The molecule has 270 valence electrons. The lowest BCUT2D eigenvalue weighted by molar-refractivity contribution is -0.149. The molecule has 2 saturated heterocycles. The van der Waals surface area contributed by atoms with Crippen LogP contribution in [0.2, 0.25) is 0 Å². The number of fused-ring (bicyclic) bond motifs is 1. The van der Waals surface area contributed by atoms with Crippen molar-refractivity contribution in [3.63, 3.8) is 0 Å². The van der Waals surface area contributed by atoms with E-state index in [0.29, 0.717) is 58.0 Å². The molecule has 3 fully saturated rings. The highest BCUT2D eigenvalue weighted by Crippen LogP contribution is 2.41. The summed E-state index contributed by atoms with van der Waals surface area (Å²) < 4.78 is 0. The summed E-state index contributed by atoms with van der Waals surface area (Å²) in [7, 11) is 0. The molecule has 1 aromatic rings. The Morgan fingerprint density at radius 3 is 2.33 bits per heavy atom. The molecule has 0 spiro atoms. The molecule has 14 nitrogen and oxygen atoms in total. The lowest BCUT2D eigenvalue weighted by atomic mass is 9.84. The number of aliphatic imine (C=N–C) groups is 1. The van der Waals surface area contributed by atoms with Crippen molar-refractivity contribution >= 4 is 35.5 Å². The van der Waals surface area contributed by atoms with Gasteiger partial charge in [-0.1, -0.05) is 62.9 Å². The summed E-state index contributed by atoms with van der Waals surface area (Å²) in [5, 5.41) is 5.64. The molecule has 5 amide bonds. The number of carbonyl (C=O) groups is 5. The monoisotopic (exact) mass is 681 g/mol. The maximum atomic E-state index is 14.3. The van der Waals surface area contributed by atoms with E-state index in [0.717, 1.165) is 37.7 Å². The Morgan fingerprint density at radius 1 is 0.898 bits per heavy atom. The van der Waals surface area contributed by atoms with E-state index in [1.165, 1.54) is 0 Å². The fraction of sp³-hybridized carbons (Fsp3) is 0.657. The fourth-order valence-corrected chi connectivity index (χ4v) is 7.62. The van der Waals surface area contributed by atoms with E-state index in [9.17, 15) is 24.0 Å². The van der Waals surface area contributed by atoms with Gasteiger partial charge in [0.1, 0.15) is 24.2 Å². The van der Waals surface area contributed by atoms with Gasteiger partial charge in [-0.2, -0.15) is 0 Å². The van der Waals surface area contributed by atoms with Gasteiger partial charge >= 0.3 is 0 Å². The first kappa shape index (κ1) is 37.6. The molecule has 0 aromatic heterocycles. The fourth-order valence-electron chi connectivity index (χ4n) is 7.62. The lowest BCUT2D eigenvalue weighted by Gasteiger charge is -2.37. The Kier molecular flexibility index (Phi) is 13.8. The molecule has 2 heterocycles. The van der Waals surface area contributed by atoms with Crippen molar-refractivity contribution in [3.05, 3.63) is 35.9 Å². The van der Waals surface area contributed by atoms with Gasteiger partial charge in [0.15, 0.2) is 5.96 Å². The highest BCUT2D eigenvalue weighted by Gasteiger charge is 2.51. The van der Waals surface area contributed by atoms with Crippen molar-refractivity contribution < 1.29 is 24.0 Å². The Bertz CT molecular complexity index is 1340. The van der Waals surface area contributed by atoms with Gasteiger partial charge in [-0.25, -0.2) is 0 Å². The second-order valence-electron chi connectivity index (χ2n) is 13.7. The quantitative estimate of drug-likeness (QED) is 0.0810.